The monoisotopic (exact) mass is 394 g/mol. The molecule has 0 unspecified atom stereocenters. The number of hydrogen-bond donors (Lipinski definition) is 0. The van der Waals surface area contributed by atoms with Crippen LogP contribution in [0, 0.1) is 0 Å². The fraction of sp³-hybridized carbons (Fsp3) is 0.316. The zero-order valence-corrected chi connectivity index (χ0v) is 15.9. The van der Waals surface area contributed by atoms with Crippen LogP contribution in [-0.2, 0) is 5.32 Å². The molecule has 2 aromatic rings. The van der Waals surface area contributed by atoms with Gasteiger partial charge in [-0.1, -0.05) is 0 Å². The van der Waals surface area contributed by atoms with Gasteiger partial charge in [-0.15, -0.1) is 0 Å². The second-order valence-corrected chi connectivity index (χ2v) is 7.46. The number of methoxy groups -OCH3 is 3. The summed E-state index contributed by atoms with van der Waals surface area (Å²) in [5.41, 5.74) is 1.96. The Labute approximate surface area is 149 Å². The van der Waals surface area contributed by atoms with E-state index in [9.17, 15) is 4.79 Å². The zero-order chi connectivity index (χ0) is 17.4. The van der Waals surface area contributed by atoms with Crippen molar-refractivity contribution in [3.05, 3.63) is 53.6 Å². The molecule has 0 aromatic heterocycles. The molecule has 0 radical (unpaired) electrons. The summed E-state index contributed by atoms with van der Waals surface area (Å²) < 4.78 is 15.6. The number of carbonyl (C=O) groups is 1. The van der Waals surface area contributed by atoms with Crippen molar-refractivity contribution in [1.82, 2.24) is 0 Å². The van der Waals surface area contributed by atoms with Crippen LogP contribution in [0.5, 0.6) is 17.2 Å². The van der Waals surface area contributed by atoms with Crippen LogP contribution in [0.15, 0.2) is 42.5 Å². The van der Waals surface area contributed by atoms with E-state index < -0.39 is 0 Å². The standard InChI is InChI=1S/C19H22O4Se/c1-21-16-7-4-14(5-8-16)13-24-11-10-17(20)15-6-9-18(22-2)19(12-15)23-3/h4-9,12H,10-11,13H2,1-3H3. The molecular formula is C19H22O4Se. The minimum atomic E-state index is 0.146. The van der Waals surface area contributed by atoms with Crippen molar-refractivity contribution in [3.8, 4) is 17.2 Å². The molecule has 128 valence electrons. The Kier molecular flexibility index (Phi) is 7.16. The number of ether oxygens (including phenoxy) is 3. The van der Waals surface area contributed by atoms with Crippen LogP contribution >= 0.6 is 0 Å². The summed E-state index contributed by atoms with van der Waals surface area (Å²) in [4.78, 5) is 12.3. The Morgan fingerprint density at radius 1 is 0.917 bits per heavy atom. The molecule has 0 aliphatic carbocycles. The van der Waals surface area contributed by atoms with Crippen molar-refractivity contribution in [2.75, 3.05) is 21.3 Å². The van der Waals surface area contributed by atoms with Crippen molar-refractivity contribution in [1.29, 1.82) is 0 Å². The van der Waals surface area contributed by atoms with Gasteiger partial charge in [-0.2, -0.15) is 0 Å². The molecule has 0 aliphatic rings. The summed E-state index contributed by atoms with van der Waals surface area (Å²) >= 11 is 0.404. The number of Topliss-reactive ketones (excluding diaryl/α,β-unsaturated/α-hetero) is 1. The summed E-state index contributed by atoms with van der Waals surface area (Å²) in [5, 5.41) is 1.95. The first-order valence-electron chi connectivity index (χ1n) is 7.64. The van der Waals surface area contributed by atoms with Crippen molar-refractivity contribution < 1.29 is 19.0 Å². The van der Waals surface area contributed by atoms with Crippen molar-refractivity contribution in [2.24, 2.45) is 0 Å². The van der Waals surface area contributed by atoms with Gasteiger partial charge >= 0.3 is 149 Å². The van der Waals surface area contributed by atoms with Gasteiger partial charge in [-0.05, 0) is 0 Å². The van der Waals surface area contributed by atoms with E-state index in [-0.39, 0.29) is 5.78 Å². The summed E-state index contributed by atoms with van der Waals surface area (Å²) in [6.45, 7) is 0. The third-order valence-corrected chi connectivity index (χ3v) is 5.77. The second kappa shape index (κ2) is 9.36. The van der Waals surface area contributed by atoms with Crippen molar-refractivity contribution >= 4 is 20.7 Å². The van der Waals surface area contributed by atoms with Crippen molar-refractivity contribution in [3.63, 3.8) is 0 Å². The Morgan fingerprint density at radius 3 is 2.25 bits per heavy atom. The van der Waals surface area contributed by atoms with Gasteiger partial charge < -0.3 is 0 Å². The Bertz CT molecular complexity index is 668. The first-order chi connectivity index (χ1) is 11.7. The molecule has 24 heavy (non-hydrogen) atoms. The molecule has 2 aromatic carbocycles. The van der Waals surface area contributed by atoms with Crippen LogP contribution in [0.25, 0.3) is 0 Å². The number of benzene rings is 2. The Balaban J connectivity index is 1.82. The maximum atomic E-state index is 12.3. The van der Waals surface area contributed by atoms with E-state index in [4.69, 9.17) is 14.2 Å². The third-order valence-electron chi connectivity index (χ3n) is 3.61. The van der Waals surface area contributed by atoms with Gasteiger partial charge in [0.1, 0.15) is 0 Å². The van der Waals surface area contributed by atoms with Crippen LogP contribution in [0.2, 0.25) is 5.32 Å². The minimum absolute atomic E-state index is 0.146. The van der Waals surface area contributed by atoms with E-state index in [1.165, 1.54) is 5.56 Å². The third kappa shape index (κ3) is 5.02. The summed E-state index contributed by atoms with van der Waals surface area (Å²) in [6, 6.07) is 13.4. The Hall–Kier alpha value is -1.97. The number of hydrogen-bond acceptors (Lipinski definition) is 4. The van der Waals surface area contributed by atoms with E-state index in [2.05, 4.69) is 12.1 Å². The van der Waals surface area contributed by atoms with E-state index in [1.54, 1.807) is 39.5 Å². The maximum absolute atomic E-state index is 12.3. The van der Waals surface area contributed by atoms with E-state index in [0.717, 1.165) is 16.4 Å². The molecule has 0 amide bonds. The zero-order valence-electron chi connectivity index (χ0n) is 14.2. The molecule has 0 N–H and O–H groups in total. The molecule has 0 heterocycles. The average Bonchev–Trinajstić information content (AvgIpc) is 2.64. The van der Waals surface area contributed by atoms with Gasteiger partial charge in [0.2, 0.25) is 0 Å². The van der Waals surface area contributed by atoms with E-state index in [1.807, 2.05) is 12.1 Å². The van der Waals surface area contributed by atoms with Crippen LogP contribution < -0.4 is 14.2 Å². The molecule has 5 heteroatoms. The van der Waals surface area contributed by atoms with Crippen molar-refractivity contribution in [2.45, 2.75) is 17.1 Å². The molecule has 0 aliphatic heterocycles. The van der Waals surface area contributed by atoms with Gasteiger partial charge in [0, 0.05) is 0 Å². The molecule has 0 bridgehead atoms. The molecule has 0 spiro atoms. The fourth-order valence-corrected chi connectivity index (χ4v) is 4.12. The number of carbonyl (C=O) groups excluding carboxylic acids is 1. The predicted octanol–water partition coefficient (Wildman–Crippen LogP) is 3.61. The molecule has 4 nitrogen and oxygen atoms in total. The summed E-state index contributed by atoms with van der Waals surface area (Å²) in [6.07, 6.45) is 0.561. The average molecular weight is 393 g/mol. The van der Waals surface area contributed by atoms with Gasteiger partial charge in [0.15, 0.2) is 0 Å². The normalized spacial score (nSPS) is 10.3. The van der Waals surface area contributed by atoms with Gasteiger partial charge in [0.25, 0.3) is 0 Å². The fourth-order valence-electron chi connectivity index (χ4n) is 2.23. The second-order valence-electron chi connectivity index (χ2n) is 5.14. The molecular weight excluding hydrogens is 371 g/mol. The first-order valence-corrected chi connectivity index (χ1v) is 10.1. The number of rotatable bonds is 9. The quantitative estimate of drug-likeness (QED) is 0.371. The van der Waals surface area contributed by atoms with E-state index in [0.29, 0.717) is 38.4 Å². The van der Waals surface area contributed by atoms with Gasteiger partial charge in [-0.3, -0.25) is 0 Å². The predicted molar refractivity (Wildman–Crippen MR) is 95.8 cm³/mol. The SMILES string of the molecule is COc1ccc(C[Se]CCC(=O)c2ccc(OC)c(OC)c2)cc1. The van der Waals surface area contributed by atoms with Crippen LogP contribution in [-0.4, -0.2) is 42.1 Å². The molecule has 2 rings (SSSR count). The molecule has 0 atom stereocenters. The van der Waals surface area contributed by atoms with Gasteiger partial charge in [-0.25, -0.2) is 0 Å². The van der Waals surface area contributed by atoms with Crippen LogP contribution in [0.3, 0.4) is 0 Å². The molecule has 0 saturated heterocycles. The molecule has 0 fully saturated rings. The summed E-state index contributed by atoms with van der Waals surface area (Å²) in [7, 11) is 4.82. The van der Waals surface area contributed by atoms with Crippen LogP contribution in [0.4, 0.5) is 0 Å². The van der Waals surface area contributed by atoms with Gasteiger partial charge in [0.05, 0.1) is 0 Å². The van der Waals surface area contributed by atoms with E-state index >= 15 is 0 Å². The molecule has 0 saturated carbocycles. The Morgan fingerprint density at radius 2 is 1.62 bits per heavy atom. The topological polar surface area (TPSA) is 44.8 Å². The van der Waals surface area contributed by atoms with Crippen LogP contribution in [0.1, 0.15) is 22.3 Å². The number of ketones is 1. The first kappa shape index (κ1) is 18.4. The summed E-state index contributed by atoms with van der Waals surface area (Å²) in [5.74, 6) is 2.24.